The minimum atomic E-state index is -4.20. The van der Waals surface area contributed by atoms with Gasteiger partial charge in [0.05, 0.1) is 17.5 Å². The number of alkyl halides is 3. The zero-order chi connectivity index (χ0) is 15.4. The summed E-state index contributed by atoms with van der Waals surface area (Å²) >= 11 is 3.31. The van der Waals surface area contributed by atoms with Crippen LogP contribution in [0.15, 0.2) is 22.7 Å². The Morgan fingerprint density at radius 1 is 1.20 bits per heavy atom. The second-order valence-electron chi connectivity index (χ2n) is 5.55. The van der Waals surface area contributed by atoms with Gasteiger partial charge in [-0.3, -0.25) is 0 Å². The van der Waals surface area contributed by atoms with Gasteiger partial charge in [-0.2, -0.15) is 13.2 Å². The summed E-state index contributed by atoms with van der Waals surface area (Å²) < 4.78 is 42.4. The fraction of sp³-hybridized carbons (Fsp3) is 0.571. The molecule has 0 fully saturated rings. The van der Waals surface area contributed by atoms with Crippen LogP contribution in [-0.2, 0) is 6.54 Å². The zero-order valence-corrected chi connectivity index (χ0v) is 13.4. The largest absolute Gasteiger partial charge is 0.492 e. The fourth-order valence-electron chi connectivity index (χ4n) is 1.48. The fourth-order valence-corrected chi connectivity index (χ4v) is 2.01. The summed E-state index contributed by atoms with van der Waals surface area (Å²) in [6, 6.07) is 5.43. The summed E-state index contributed by atoms with van der Waals surface area (Å²) in [5.74, 6) is 0.466. The van der Waals surface area contributed by atoms with Gasteiger partial charge >= 0.3 is 6.18 Å². The van der Waals surface area contributed by atoms with Crippen molar-refractivity contribution in [3.8, 4) is 5.75 Å². The topological polar surface area (TPSA) is 21.3 Å². The highest BCUT2D eigenvalue weighted by molar-refractivity contribution is 9.10. The molecule has 20 heavy (non-hydrogen) atoms. The Morgan fingerprint density at radius 2 is 1.85 bits per heavy atom. The average Bonchev–Trinajstić information content (AvgIpc) is 2.26. The van der Waals surface area contributed by atoms with E-state index in [0.29, 0.717) is 16.8 Å². The molecule has 0 amide bonds. The van der Waals surface area contributed by atoms with E-state index in [2.05, 4.69) is 21.2 Å². The van der Waals surface area contributed by atoms with Crippen LogP contribution in [0.5, 0.6) is 5.75 Å². The van der Waals surface area contributed by atoms with Gasteiger partial charge in [-0.25, -0.2) is 0 Å². The maximum Gasteiger partial charge on any atom is 0.392 e. The van der Waals surface area contributed by atoms with E-state index in [-0.39, 0.29) is 12.1 Å². The number of hydrogen-bond donors (Lipinski definition) is 1. The molecule has 0 aliphatic rings. The minimum Gasteiger partial charge on any atom is -0.492 e. The Labute approximate surface area is 125 Å². The monoisotopic (exact) mass is 353 g/mol. The number of halogens is 4. The van der Waals surface area contributed by atoms with Crippen molar-refractivity contribution in [3.05, 3.63) is 28.2 Å². The van der Waals surface area contributed by atoms with Crippen LogP contribution in [-0.4, -0.2) is 18.3 Å². The van der Waals surface area contributed by atoms with Gasteiger partial charge in [0.25, 0.3) is 0 Å². The van der Waals surface area contributed by atoms with E-state index in [4.69, 9.17) is 4.74 Å². The Hall–Kier alpha value is -0.750. The van der Waals surface area contributed by atoms with E-state index in [1.54, 1.807) is 6.07 Å². The second-order valence-corrected chi connectivity index (χ2v) is 6.40. The Bertz CT molecular complexity index is 441. The lowest BCUT2D eigenvalue weighted by Crippen LogP contribution is -2.35. The molecule has 0 radical (unpaired) electrons. The number of benzene rings is 1. The van der Waals surface area contributed by atoms with Crippen molar-refractivity contribution in [1.29, 1.82) is 0 Å². The molecule has 0 aliphatic heterocycles. The van der Waals surface area contributed by atoms with Crippen LogP contribution in [0, 0.1) is 0 Å². The van der Waals surface area contributed by atoms with Crippen LogP contribution in [0.2, 0.25) is 0 Å². The first-order valence-corrected chi connectivity index (χ1v) is 7.10. The summed E-state index contributed by atoms with van der Waals surface area (Å²) in [5, 5.41) is 3.29. The van der Waals surface area contributed by atoms with Gasteiger partial charge in [-0.05, 0) is 42.8 Å². The standard InChI is InChI=1S/C14H19BrF3NO/c1-13(2,3)19-9-10-5-4-6-11(15)12(10)20-8-7-14(16,17)18/h4-6,19H,7-9H2,1-3H3. The average molecular weight is 354 g/mol. The van der Waals surface area contributed by atoms with Crippen LogP contribution < -0.4 is 10.1 Å². The second kappa shape index (κ2) is 6.80. The highest BCUT2D eigenvalue weighted by Gasteiger charge is 2.27. The quantitative estimate of drug-likeness (QED) is 0.830. The highest BCUT2D eigenvalue weighted by Crippen LogP contribution is 2.30. The first kappa shape index (κ1) is 17.3. The van der Waals surface area contributed by atoms with Crippen molar-refractivity contribution < 1.29 is 17.9 Å². The van der Waals surface area contributed by atoms with E-state index in [1.807, 2.05) is 32.9 Å². The third-order valence-electron chi connectivity index (χ3n) is 2.49. The van der Waals surface area contributed by atoms with E-state index >= 15 is 0 Å². The van der Waals surface area contributed by atoms with Gasteiger partial charge in [-0.15, -0.1) is 0 Å². The lowest BCUT2D eigenvalue weighted by molar-refractivity contribution is -0.139. The predicted molar refractivity (Wildman–Crippen MR) is 76.9 cm³/mol. The molecule has 0 spiro atoms. The Balaban J connectivity index is 2.73. The molecular formula is C14H19BrF3NO. The SMILES string of the molecule is CC(C)(C)NCc1cccc(Br)c1OCCC(F)(F)F. The number of hydrogen-bond acceptors (Lipinski definition) is 2. The molecule has 2 nitrogen and oxygen atoms in total. The molecule has 0 atom stereocenters. The van der Waals surface area contributed by atoms with E-state index < -0.39 is 12.6 Å². The smallest absolute Gasteiger partial charge is 0.392 e. The van der Waals surface area contributed by atoms with Gasteiger partial charge in [0.15, 0.2) is 0 Å². The van der Waals surface area contributed by atoms with Crippen molar-refractivity contribution in [2.45, 2.75) is 45.5 Å². The molecule has 1 aromatic carbocycles. The molecule has 0 unspecified atom stereocenters. The van der Waals surface area contributed by atoms with Crippen molar-refractivity contribution in [3.63, 3.8) is 0 Å². The first-order chi connectivity index (χ1) is 9.08. The molecule has 114 valence electrons. The van der Waals surface area contributed by atoms with Crippen LogP contribution >= 0.6 is 15.9 Å². The third kappa shape index (κ3) is 6.61. The number of rotatable bonds is 5. The van der Waals surface area contributed by atoms with Gasteiger partial charge < -0.3 is 10.1 Å². The van der Waals surface area contributed by atoms with E-state index in [0.717, 1.165) is 5.56 Å². The van der Waals surface area contributed by atoms with Crippen molar-refractivity contribution in [2.75, 3.05) is 6.61 Å². The predicted octanol–water partition coefficient (Wildman–Crippen LogP) is 4.67. The summed E-state index contributed by atoms with van der Waals surface area (Å²) in [6.45, 7) is 6.22. The summed E-state index contributed by atoms with van der Waals surface area (Å²) in [7, 11) is 0. The van der Waals surface area contributed by atoms with Gasteiger partial charge in [0, 0.05) is 17.6 Å². The van der Waals surface area contributed by atoms with Crippen molar-refractivity contribution in [2.24, 2.45) is 0 Å². The Morgan fingerprint density at radius 3 is 2.40 bits per heavy atom. The third-order valence-corrected chi connectivity index (χ3v) is 3.11. The zero-order valence-electron chi connectivity index (χ0n) is 11.8. The van der Waals surface area contributed by atoms with Gasteiger partial charge in [0.1, 0.15) is 5.75 Å². The van der Waals surface area contributed by atoms with Crippen LogP contribution in [0.25, 0.3) is 0 Å². The molecule has 1 N–H and O–H groups in total. The molecule has 0 heterocycles. The molecule has 0 bridgehead atoms. The Kier molecular flexibility index (Phi) is 5.89. The first-order valence-electron chi connectivity index (χ1n) is 6.30. The molecule has 1 rings (SSSR count). The maximum atomic E-state index is 12.2. The normalized spacial score (nSPS) is 12.6. The van der Waals surface area contributed by atoms with Crippen molar-refractivity contribution >= 4 is 15.9 Å². The lowest BCUT2D eigenvalue weighted by atomic mass is 10.1. The molecule has 0 aromatic heterocycles. The maximum absolute atomic E-state index is 12.2. The molecule has 0 aliphatic carbocycles. The number of para-hydroxylation sites is 1. The summed E-state index contributed by atoms with van der Waals surface area (Å²) in [5.41, 5.74) is 0.752. The molecule has 6 heteroatoms. The van der Waals surface area contributed by atoms with Crippen LogP contribution in [0.3, 0.4) is 0 Å². The van der Waals surface area contributed by atoms with E-state index in [1.165, 1.54) is 0 Å². The number of nitrogens with one attached hydrogen (secondary N) is 1. The van der Waals surface area contributed by atoms with E-state index in [9.17, 15) is 13.2 Å². The van der Waals surface area contributed by atoms with Gasteiger partial charge in [0.2, 0.25) is 0 Å². The summed E-state index contributed by atoms with van der Waals surface area (Å²) in [4.78, 5) is 0. The lowest BCUT2D eigenvalue weighted by Gasteiger charge is -2.22. The van der Waals surface area contributed by atoms with Crippen molar-refractivity contribution in [1.82, 2.24) is 5.32 Å². The molecular weight excluding hydrogens is 335 g/mol. The minimum absolute atomic E-state index is 0.0778. The highest BCUT2D eigenvalue weighted by atomic mass is 79.9. The van der Waals surface area contributed by atoms with Gasteiger partial charge in [-0.1, -0.05) is 12.1 Å². The number of ether oxygens (including phenoxy) is 1. The molecule has 0 saturated heterocycles. The molecule has 0 saturated carbocycles. The summed E-state index contributed by atoms with van der Waals surface area (Å²) in [6.07, 6.45) is -5.16. The van der Waals surface area contributed by atoms with Crippen LogP contribution in [0.1, 0.15) is 32.8 Å². The van der Waals surface area contributed by atoms with Crippen LogP contribution in [0.4, 0.5) is 13.2 Å². The molecule has 1 aromatic rings.